The van der Waals surface area contributed by atoms with E-state index in [0.29, 0.717) is 10.4 Å². The third-order valence-electron chi connectivity index (χ3n) is 6.42. The van der Waals surface area contributed by atoms with Crippen LogP contribution in [0, 0.1) is 0 Å². The van der Waals surface area contributed by atoms with Gasteiger partial charge in [0.15, 0.2) is 5.65 Å². The van der Waals surface area contributed by atoms with E-state index in [9.17, 15) is 18.0 Å². The molecule has 1 aliphatic rings. The maximum absolute atomic E-state index is 13.5. The van der Waals surface area contributed by atoms with Crippen molar-refractivity contribution < 1.29 is 13.2 Å². The lowest BCUT2D eigenvalue weighted by molar-refractivity contribution is -0.144. The lowest BCUT2D eigenvalue weighted by Gasteiger charge is -2.33. The molecule has 8 nitrogen and oxygen atoms in total. The average Bonchev–Trinajstić information content (AvgIpc) is 3.36. The van der Waals surface area contributed by atoms with E-state index in [-0.39, 0.29) is 32.9 Å². The van der Waals surface area contributed by atoms with Crippen molar-refractivity contribution in [2.45, 2.75) is 64.7 Å². The zero-order valence-corrected chi connectivity index (χ0v) is 22.0. The molecule has 0 bridgehead atoms. The summed E-state index contributed by atoms with van der Waals surface area (Å²) in [5, 5.41) is 8.56. The van der Waals surface area contributed by atoms with E-state index in [0.717, 1.165) is 40.4 Å². The van der Waals surface area contributed by atoms with E-state index in [4.69, 9.17) is 0 Å². The summed E-state index contributed by atoms with van der Waals surface area (Å²) in [5.74, 6) is 0.168. The Balaban J connectivity index is 1.60. The van der Waals surface area contributed by atoms with Crippen LogP contribution in [0.5, 0.6) is 0 Å². The Labute approximate surface area is 215 Å². The van der Waals surface area contributed by atoms with Gasteiger partial charge in [0.05, 0.1) is 5.69 Å². The predicted octanol–water partition coefficient (Wildman–Crippen LogP) is 5.02. The fraction of sp³-hybridized carbons (Fsp3) is 0.440. The quantitative estimate of drug-likeness (QED) is 0.384. The summed E-state index contributed by atoms with van der Waals surface area (Å²) in [4.78, 5) is 26.3. The molecular formula is C25H28F3N7OS. The van der Waals surface area contributed by atoms with Crippen LogP contribution in [0.1, 0.15) is 51.4 Å². The van der Waals surface area contributed by atoms with Crippen LogP contribution >= 0.6 is 11.3 Å². The van der Waals surface area contributed by atoms with Crippen LogP contribution in [-0.4, -0.2) is 37.0 Å². The Hall–Kier alpha value is -3.25. The van der Waals surface area contributed by atoms with Gasteiger partial charge in [-0.15, -0.1) is 11.3 Å². The van der Waals surface area contributed by atoms with Crippen molar-refractivity contribution in [1.29, 1.82) is 0 Å². The predicted molar refractivity (Wildman–Crippen MR) is 138 cm³/mol. The topological polar surface area (TPSA) is 89.7 Å². The molecule has 3 aromatic heterocycles. The molecule has 1 aromatic carbocycles. The molecule has 196 valence electrons. The molecule has 0 saturated carbocycles. The fourth-order valence-corrected chi connectivity index (χ4v) is 5.57. The molecule has 0 amide bonds. The summed E-state index contributed by atoms with van der Waals surface area (Å²) >= 11 is 1.16. The van der Waals surface area contributed by atoms with Crippen LogP contribution in [0.2, 0.25) is 0 Å². The molecule has 12 heteroatoms. The smallest absolute Gasteiger partial charge is 0.324 e. The SMILES string of the molecule is CC(C)(C)c1csc(-n2c3nc(Nc4ccc5c(c4)CNCC5(C)C)ncc3c(=O)n2CC(F)(F)F)n1. The summed E-state index contributed by atoms with van der Waals surface area (Å²) in [6.07, 6.45) is -3.35. The van der Waals surface area contributed by atoms with Gasteiger partial charge in [0.2, 0.25) is 11.1 Å². The van der Waals surface area contributed by atoms with E-state index in [1.54, 1.807) is 5.38 Å². The van der Waals surface area contributed by atoms with Crippen molar-refractivity contribution in [3.05, 3.63) is 57.0 Å². The van der Waals surface area contributed by atoms with E-state index in [2.05, 4.69) is 45.5 Å². The van der Waals surface area contributed by atoms with Crippen LogP contribution in [0.15, 0.2) is 34.6 Å². The number of rotatable bonds is 4. The Bertz CT molecular complexity index is 1540. The Morgan fingerprint density at radius 1 is 1.19 bits per heavy atom. The van der Waals surface area contributed by atoms with E-state index in [1.807, 2.05) is 32.9 Å². The number of alkyl halides is 3. The number of hydrogen-bond acceptors (Lipinski definition) is 7. The molecule has 5 rings (SSSR count). The average molecular weight is 532 g/mol. The van der Waals surface area contributed by atoms with Gasteiger partial charge in [-0.3, -0.25) is 4.79 Å². The number of nitrogens with zero attached hydrogens (tertiary/aromatic N) is 5. The van der Waals surface area contributed by atoms with Gasteiger partial charge in [-0.25, -0.2) is 19.3 Å². The van der Waals surface area contributed by atoms with E-state index in [1.165, 1.54) is 11.8 Å². The molecule has 2 N–H and O–H groups in total. The maximum Gasteiger partial charge on any atom is 0.408 e. The van der Waals surface area contributed by atoms with Crippen molar-refractivity contribution in [2.24, 2.45) is 0 Å². The molecule has 1 aliphatic heterocycles. The Morgan fingerprint density at radius 3 is 2.62 bits per heavy atom. The summed E-state index contributed by atoms with van der Waals surface area (Å²) in [6, 6.07) is 6.00. The third kappa shape index (κ3) is 4.87. The van der Waals surface area contributed by atoms with Crippen molar-refractivity contribution in [1.82, 2.24) is 29.6 Å². The monoisotopic (exact) mass is 531 g/mol. The van der Waals surface area contributed by atoms with Crippen LogP contribution in [0.3, 0.4) is 0 Å². The number of fused-ring (bicyclic) bond motifs is 2. The van der Waals surface area contributed by atoms with E-state index >= 15 is 0 Å². The minimum atomic E-state index is -4.61. The van der Waals surface area contributed by atoms with Gasteiger partial charge in [0.25, 0.3) is 5.56 Å². The number of anilines is 2. The molecule has 0 unspecified atom stereocenters. The lowest BCUT2D eigenvalue weighted by atomic mass is 9.79. The molecule has 0 fully saturated rings. The van der Waals surface area contributed by atoms with Crippen LogP contribution < -0.4 is 16.2 Å². The van der Waals surface area contributed by atoms with Crippen LogP contribution in [0.25, 0.3) is 16.2 Å². The van der Waals surface area contributed by atoms with Gasteiger partial charge in [-0.1, -0.05) is 40.7 Å². The van der Waals surface area contributed by atoms with Gasteiger partial charge >= 0.3 is 6.18 Å². The molecule has 4 aromatic rings. The van der Waals surface area contributed by atoms with Crippen molar-refractivity contribution in [3.8, 4) is 5.13 Å². The van der Waals surface area contributed by atoms with Crippen molar-refractivity contribution in [2.75, 3.05) is 11.9 Å². The molecule has 0 atom stereocenters. The highest BCUT2D eigenvalue weighted by molar-refractivity contribution is 7.12. The molecule has 0 radical (unpaired) electrons. The summed E-state index contributed by atoms with van der Waals surface area (Å²) in [6.45, 7) is 10.4. The van der Waals surface area contributed by atoms with Gasteiger partial charge in [0, 0.05) is 41.2 Å². The standard InChI is InChI=1S/C25H28F3N7OS/c1-23(2,3)18-11-37-22(32-18)35-19-16(20(36)34(35)13-25(26,27)28)10-30-21(33-19)31-15-6-7-17-14(8-15)9-29-12-24(17,4)5/h6-8,10-11,29H,9,12-13H2,1-5H3,(H,30,31,33). The third-order valence-corrected chi connectivity index (χ3v) is 7.24. The normalized spacial score (nSPS) is 15.7. The molecule has 0 saturated heterocycles. The van der Waals surface area contributed by atoms with Crippen molar-refractivity contribution in [3.63, 3.8) is 0 Å². The summed E-state index contributed by atoms with van der Waals surface area (Å²) in [7, 11) is 0. The second kappa shape index (κ2) is 8.66. The number of halogens is 3. The van der Waals surface area contributed by atoms with Crippen LogP contribution in [0.4, 0.5) is 24.8 Å². The van der Waals surface area contributed by atoms with Gasteiger partial charge in [0.1, 0.15) is 11.9 Å². The second-order valence-electron chi connectivity index (χ2n) is 11.0. The second-order valence-corrected chi connectivity index (χ2v) is 11.8. The van der Waals surface area contributed by atoms with Gasteiger partial charge < -0.3 is 10.6 Å². The molecule has 4 heterocycles. The first-order chi connectivity index (χ1) is 17.2. The van der Waals surface area contributed by atoms with Gasteiger partial charge in [-0.05, 0) is 23.3 Å². The number of nitrogens with one attached hydrogen (secondary N) is 2. The largest absolute Gasteiger partial charge is 0.408 e. The minimum Gasteiger partial charge on any atom is -0.324 e. The maximum atomic E-state index is 13.5. The summed E-state index contributed by atoms with van der Waals surface area (Å²) in [5.41, 5.74) is 2.76. The van der Waals surface area contributed by atoms with Crippen molar-refractivity contribution >= 4 is 34.0 Å². The highest BCUT2D eigenvalue weighted by Gasteiger charge is 2.33. The Kier molecular flexibility index (Phi) is 5.94. The summed E-state index contributed by atoms with van der Waals surface area (Å²) < 4.78 is 42.1. The minimum absolute atomic E-state index is 0.00139. The number of aromatic nitrogens is 5. The zero-order valence-electron chi connectivity index (χ0n) is 21.2. The first-order valence-corrected chi connectivity index (χ1v) is 12.7. The highest BCUT2D eigenvalue weighted by atomic mass is 32.1. The number of benzene rings is 1. The first-order valence-electron chi connectivity index (χ1n) is 11.9. The van der Waals surface area contributed by atoms with Crippen LogP contribution in [-0.2, 0) is 23.9 Å². The number of thiazole rings is 1. The molecule has 37 heavy (non-hydrogen) atoms. The first kappa shape index (κ1) is 25.4. The van der Waals surface area contributed by atoms with E-state index < -0.39 is 18.3 Å². The Morgan fingerprint density at radius 2 is 1.95 bits per heavy atom. The molecular weight excluding hydrogens is 503 g/mol. The molecule has 0 aliphatic carbocycles. The lowest BCUT2D eigenvalue weighted by Crippen LogP contribution is -2.38. The highest BCUT2D eigenvalue weighted by Crippen LogP contribution is 2.32. The molecule has 0 spiro atoms. The fourth-order valence-electron chi connectivity index (χ4n) is 4.51. The zero-order chi connectivity index (χ0) is 26.8. The number of hydrogen-bond donors (Lipinski definition) is 2. The van der Waals surface area contributed by atoms with Gasteiger partial charge in [-0.2, -0.15) is 18.2 Å².